The van der Waals surface area contributed by atoms with E-state index in [4.69, 9.17) is 14.2 Å². The molecular weight excluding hydrogens is 334 g/mol. The van der Waals surface area contributed by atoms with Crippen LogP contribution in [0.15, 0.2) is 42.5 Å². The minimum Gasteiger partial charge on any atom is -0.493 e. The molecule has 6 nitrogen and oxygen atoms in total. The van der Waals surface area contributed by atoms with Crippen molar-refractivity contribution in [2.75, 3.05) is 25.6 Å². The molecule has 0 bridgehead atoms. The van der Waals surface area contributed by atoms with Gasteiger partial charge < -0.3 is 19.5 Å². The van der Waals surface area contributed by atoms with Crippen molar-refractivity contribution in [2.24, 2.45) is 0 Å². The molecule has 2 aromatic rings. The number of hydrogen-bond acceptors (Lipinski definition) is 5. The fourth-order valence-electron chi connectivity index (χ4n) is 2.26. The van der Waals surface area contributed by atoms with E-state index in [1.165, 1.54) is 13.2 Å². The fourth-order valence-corrected chi connectivity index (χ4v) is 2.26. The van der Waals surface area contributed by atoms with Crippen LogP contribution in [0.3, 0.4) is 0 Å². The van der Waals surface area contributed by atoms with E-state index in [9.17, 15) is 9.59 Å². The Labute approximate surface area is 153 Å². The summed E-state index contributed by atoms with van der Waals surface area (Å²) in [5, 5.41) is 2.68. The van der Waals surface area contributed by atoms with Gasteiger partial charge in [0.15, 0.2) is 18.1 Å². The monoisotopic (exact) mass is 357 g/mol. The summed E-state index contributed by atoms with van der Waals surface area (Å²) >= 11 is 0. The highest BCUT2D eigenvalue weighted by Crippen LogP contribution is 2.28. The zero-order valence-electron chi connectivity index (χ0n) is 15.2. The zero-order valence-corrected chi connectivity index (χ0v) is 15.2. The Morgan fingerprint density at radius 3 is 2.58 bits per heavy atom. The number of carbonyl (C=O) groups excluding carboxylic acids is 2. The van der Waals surface area contributed by atoms with Crippen LogP contribution >= 0.6 is 0 Å². The number of benzene rings is 2. The number of hydrogen-bond donors (Lipinski definition) is 1. The highest BCUT2D eigenvalue weighted by molar-refractivity contribution is 5.95. The summed E-state index contributed by atoms with van der Waals surface area (Å²) in [5.41, 5.74) is 1.97. The van der Waals surface area contributed by atoms with Gasteiger partial charge >= 0.3 is 5.97 Å². The van der Waals surface area contributed by atoms with E-state index in [0.717, 1.165) is 12.0 Å². The van der Waals surface area contributed by atoms with E-state index in [-0.39, 0.29) is 12.2 Å². The molecule has 1 amide bonds. The summed E-state index contributed by atoms with van der Waals surface area (Å²) in [6.45, 7) is 4.11. The quantitative estimate of drug-likeness (QED) is 0.731. The molecule has 0 aliphatic carbocycles. The van der Waals surface area contributed by atoms with E-state index in [1.807, 2.05) is 32.0 Å². The van der Waals surface area contributed by atoms with Gasteiger partial charge in [-0.05, 0) is 49.2 Å². The molecule has 0 radical (unpaired) electrons. The number of esters is 1. The van der Waals surface area contributed by atoms with Gasteiger partial charge in [0, 0.05) is 5.69 Å². The second-order valence-corrected chi connectivity index (χ2v) is 5.71. The van der Waals surface area contributed by atoms with Crippen molar-refractivity contribution in [1.29, 1.82) is 0 Å². The molecular formula is C20H23NO5. The lowest BCUT2D eigenvalue weighted by Gasteiger charge is -2.11. The molecule has 6 heteroatoms. The van der Waals surface area contributed by atoms with Gasteiger partial charge in [0.1, 0.15) is 0 Å². The number of carbonyl (C=O) groups is 2. The lowest BCUT2D eigenvalue weighted by atomic mass is 10.2. The maximum atomic E-state index is 12.2. The molecule has 0 aliphatic rings. The number of rotatable bonds is 8. The molecule has 0 unspecified atom stereocenters. The summed E-state index contributed by atoms with van der Waals surface area (Å²) in [4.78, 5) is 24.1. The number of methoxy groups -OCH3 is 1. The van der Waals surface area contributed by atoms with Crippen LogP contribution in [0.1, 0.15) is 29.3 Å². The second kappa shape index (κ2) is 9.46. The molecule has 2 rings (SSSR count). The maximum absolute atomic E-state index is 12.2. The lowest BCUT2D eigenvalue weighted by Crippen LogP contribution is -2.21. The average molecular weight is 357 g/mol. The predicted octanol–water partition coefficient (Wildman–Crippen LogP) is 3.59. The third-order valence-corrected chi connectivity index (χ3v) is 3.50. The maximum Gasteiger partial charge on any atom is 0.338 e. The summed E-state index contributed by atoms with van der Waals surface area (Å²) in [5.74, 6) is -0.0104. The Balaban J connectivity index is 1.93. The summed E-state index contributed by atoms with van der Waals surface area (Å²) in [7, 11) is 1.50. The lowest BCUT2D eigenvalue weighted by molar-refractivity contribution is -0.119. The molecule has 0 spiro atoms. The van der Waals surface area contributed by atoms with Crippen molar-refractivity contribution in [2.45, 2.75) is 20.3 Å². The third kappa shape index (κ3) is 5.51. The van der Waals surface area contributed by atoms with Crippen molar-refractivity contribution in [3.8, 4) is 11.5 Å². The first-order chi connectivity index (χ1) is 12.5. The zero-order chi connectivity index (χ0) is 18.9. The predicted molar refractivity (Wildman–Crippen MR) is 98.9 cm³/mol. The van der Waals surface area contributed by atoms with Crippen LogP contribution in [-0.2, 0) is 9.53 Å². The number of amides is 1. The van der Waals surface area contributed by atoms with Crippen LogP contribution in [0.25, 0.3) is 0 Å². The first-order valence-corrected chi connectivity index (χ1v) is 8.38. The third-order valence-electron chi connectivity index (χ3n) is 3.50. The fraction of sp³-hybridized carbons (Fsp3) is 0.300. The van der Waals surface area contributed by atoms with Crippen LogP contribution < -0.4 is 14.8 Å². The minimum absolute atomic E-state index is 0.286. The van der Waals surface area contributed by atoms with Crippen LogP contribution in [0.2, 0.25) is 0 Å². The van der Waals surface area contributed by atoms with Gasteiger partial charge in [0.05, 0.1) is 19.3 Å². The summed E-state index contributed by atoms with van der Waals surface area (Å²) < 4.78 is 15.8. The molecule has 26 heavy (non-hydrogen) atoms. The molecule has 0 aromatic heterocycles. The van der Waals surface area contributed by atoms with Gasteiger partial charge in [-0.25, -0.2) is 4.79 Å². The average Bonchev–Trinajstić information content (AvgIpc) is 2.64. The Morgan fingerprint density at radius 2 is 1.88 bits per heavy atom. The summed E-state index contributed by atoms with van der Waals surface area (Å²) in [6.07, 6.45) is 0.864. The molecule has 0 saturated heterocycles. The SMILES string of the molecule is CCCOc1ccc(C(=O)OCC(=O)Nc2cccc(C)c2)cc1OC. The molecule has 0 saturated carbocycles. The van der Waals surface area contributed by atoms with Crippen molar-refractivity contribution in [3.05, 3.63) is 53.6 Å². The Bertz CT molecular complexity index is 773. The molecule has 138 valence electrons. The Kier molecular flexibility index (Phi) is 7.02. The highest BCUT2D eigenvalue weighted by Gasteiger charge is 2.14. The number of aryl methyl sites for hydroxylation is 1. The summed E-state index contributed by atoms with van der Waals surface area (Å²) in [6, 6.07) is 12.1. The van der Waals surface area contributed by atoms with Crippen LogP contribution in [0.4, 0.5) is 5.69 Å². The van der Waals surface area contributed by atoms with E-state index < -0.39 is 11.9 Å². The van der Waals surface area contributed by atoms with Crippen LogP contribution in [-0.4, -0.2) is 32.2 Å². The molecule has 0 aliphatic heterocycles. The van der Waals surface area contributed by atoms with Crippen molar-refractivity contribution in [1.82, 2.24) is 0 Å². The first-order valence-electron chi connectivity index (χ1n) is 8.38. The molecule has 0 heterocycles. The van der Waals surface area contributed by atoms with E-state index >= 15 is 0 Å². The van der Waals surface area contributed by atoms with Crippen molar-refractivity contribution >= 4 is 17.6 Å². The van der Waals surface area contributed by atoms with E-state index in [1.54, 1.807) is 18.2 Å². The normalized spacial score (nSPS) is 10.1. The van der Waals surface area contributed by atoms with Crippen LogP contribution in [0, 0.1) is 6.92 Å². The minimum atomic E-state index is -0.607. The van der Waals surface area contributed by atoms with Crippen molar-refractivity contribution in [3.63, 3.8) is 0 Å². The van der Waals surface area contributed by atoms with Gasteiger partial charge in [-0.15, -0.1) is 0 Å². The van der Waals surface area contributed by atoms with E-state index in [2.05, 4.69) is 5.32 Å². The molecule has 0 atom stereocenters. The van der Waals surface area contributed by atoms with Crippen molar-refractivity contribution < 1.29 is 23.8 Å². The Morgan fingerprint density at radius 1 is 1.08 bits per heavy atom. The molecule has 2 aromatic carbocycles. The number of ether oxygens (including phenoxy) is 3. The number of anilines is 1. The largest absolute Gasteiger partial charge is 0.493 e. The van der Waals surface area contributed by atoms with Gasteiger partial charge in [-0.3, -0.25) is 4.79 Å². The van der Waals surface area contributed by atoms with Crippen LogP contribution in [0.5, 0.6) is 11.5 Å². The highest BCUT2D eigenvalue weighted by atomic mass is 16.5. The smallest absolute Gasteiger partial charge is 0.338 e. The van der Waals surface area contributed by atoms with Gasteiger partial charge in [-0.2, -0.15) is 0 Å². The molecule has 1 N–H and O–H groups in total. The van der Waals surface area contributed by atoms with Gasteiger partial charge in [0.25, 0.3) is 5.91 Å². The standard InChI is InChI=1S/C20H23NO5/c1-4-10-25-17-9-8-15(12-18(17)24-3)20(23)26-13-19(22)21-16-7-5-6-14(2)11-16/h5-9,11-12H,4,10,13H2,1-3H3,(H,21,22). The topological polar surface area (TPSA) is 73.9 Å². The van der Waals surface area contributed by atoms with E-state index in [0.29, 0.717) is 23.8 Å². The Hall–Kier alpha value is -3.02. The second-order valence-electron chi connectivity index (χ2n) is 5.71. The molecule has 0 fully saturated rings. The van der Waals surface area contributed by atoms with Gasteiger partial charge in [-0.1, -0.05) is 19.1 Å². The number of nitrogens with one attached hydrogen (secondary N) is 1. The van der Waals surface area contributed by atoms with Gasteiger partial charge in [0.2, 0.25) is 0 Å². The first kappa shape index (κ1) is 19.3.